The average molecular weight is 607 g/mol. The fourth-order valence-electron chi connectivity index (χ4n) is 3.43. The van der Waals surface area contributed by atoms with Gasteiger partial charge in [-0.2, -0.15) is 15.0 Å². The Morgan fingerprint density at radius 1 is 0.511 bits per heavy atom. The van der Waals surface area contributed by atoms with Crippen molar-refractivity contribution in [2.24, 2.45) is 0 Å². The number of esters is 3. The Kier molecular flexibility index (Phi) is 10.0. The molecule has 12 nitrogen and oxygen atoms in total. The van der Waals surface area contributed by atoms with Gasteiger partial charge in [0.15, 0.2) is 0 Å². The summed E-state index contributed by atoms with van der Waals surface area (Å²) in [6, 6.07) is 20.0. The van der Waals surface area contributed by atoms with E-state index in [0.29, 0.717) is 34.3 Å². The molecule has 0 atom stereocenters. The van der Waals surface area contributed by atoms with E-state index < -0.39 is 17.9 Å². The summed E-state index contributed by atoms with van der Waals surface area (Å²) < 4.78 is 16.0. The molecule has 4 rings (SSSR count). The van der Waals surface area contributed by atoms with Crippen LogP contribution < -0.4 is 30.2 Å². The molecule has 0 aliphatic carbocycles. The lowest BCUT2D eigenvalue weighted by Gasteiger charge is -2.13. The number of nitrogens with zero attached hydrogens (tertiary/aromatic N) is 3. The molecule has 0 saturated heterocycles. The van der Waals surface area contributed by atoms with E-state index in [9.17, 15) is 14.4 Å². The van der Waals surface area contributed by atoms with Gasteiger partial charge in [-0.25, -0.2) is 14.4 Å². The predicted octanol–water partition coefficient (Wildman–Crippen LogP) is 6.55. The second-order valence-corrected chi connectivity index (χ2v) is 9.77. The topological polar surface area (TPSA) is 154 Å². The van der Waals surface area contributed by atoms with E-state index >= 15 is 0 Å². The van der Waals surface area contributed by atoms with Crippen molar-refractivity contribution in [3.8, 4) is 17.2 Å². The zero-order valence-electron chi connectivity index (χ0n) is 24.8. The average Bonchev–Trinajstić information content (AvgIpc) is 2.97. The van der Waals surface area contributed by atoms with Gasteiger partial charge in [0.1, 0.15) is 17.2 Å². The molecule has 0 amide bonds. The van der Waals surface area contributed by atoms with Crippen molar-refractivity contribution in [3.05, 3.63) is 109 Å². The summed E-state index contributed by atoms with van der Waals surface area (Å²) in [6.45, 7) is 15.5. The molecule has 0 spiro atoms. The molecule has 45 heavy (non-hydrogen) atoms. The smallest absolute Gasteiger partial charge is 0.338 e. The zero-order valence-corrected chi connectivity index (χ0v) is 24.8. The van der Waals surface area contributed by atoms with Crippen LogP contribution in [0.15, 0.2) is 109 Å². The molecule has 12 heteroatoms. The van der Waals surface area contributed by atoms with Crippen molar-refractivity contribution in [1.29, 1.82) is 0 Å². The molecule has 0 aliphatic rings. The van der Waals surface area contributed by atoms with Crippen molar-refractivity contribution in [2.45, 2.75) is 20.8 Å². The number of rotatable bonds is 12. The molecule has 3 aromatic carbocycles. The molecule has 0 saturated carbocycles. The van der Waals surface area contributed by atoms with E-state index in [-0.39, 0.29) is 34.6 Å². The van der Waals surface area contributed by atoms with Crippen LogP contribution in [0.1, 0.15) is 20.8 Å². The minimum atomic E-state index is -0.558. The number of nitrogens with one attached hydrogen (secondary N) is 3. The summed E-state index contributed by atoms with van der Waals surface area (Å²) in [4.78, 5) is 49.4. The van der Waals surface area contributed by atoms with Crippen molar-refractivity contribution in [1.82, 2.24) is 15.0 Å². The van der Waals surface area contributed by atoms with Crippen molar-refractivity contribution in [2.75, 3.05) is 16.0 Å². The van der Waals surface area contributed by atoms with Gasteiger partial charge in [0.25, 0.3) is 0 Å². The summed E-state index contributed by atoms with van der Waals surface area (Å²) >= 11 is 0. The number of hydrogen-bond acceptors (Lipinski definition) is 12. The first-order valence-corrected chi connectivity index (χ1v) is 13.5. The summed E-state index contributed by atoms with van der Waals surface area (Å²) in [6.07, 6.45) is 0. The van der Waals surface area contributed by atoms with E-state index in [2.05, 4.69) is 50.6 Å². The lowest BCUT2D eigenvalue weighted by Crippen LogP contribution is -2.10. The first kappa shape index (κ1) is 31.6. The highest BCUT2D eigenvalue weighted by molar-refractivity contribution is 5.90. The Morgan fingerprint density at radius 3 is 1.02 bits per heavy atom. The van der Waals surface area contributed by atoms with Gasteiger partial charge in [0.05, 0.1) is 0 Å². The summed E-state index contributed by atoms with van der Waals surface area (Å²) in [5, 5.41) is 9.25. The Morgan fingerprint density at radius 2 is 0.778 bits per heavy atom. The molecule has 0 unspecified atom stereocenters. The van der Waals surface area contributed by atoms with Crippen molar-refractivity contribution in [3.63, 3.8) is 0 Å². The maximum atomic E-state index is 12.0. The van der Waals surface area contributed by atoms with E-state index in [1.54, 1.807) is 93.6 Å². The Balaban J connectivity index is 1.64. The van der Waals surface area contributed by atoms with Crippen LogP contribution in [0.3, 0.4) is 0 Å². The standard InChI is InChI=1S/C33H30N6O6/c1-19(2)28(40)43-25-13-7-10-22(16-25)34-31-37-32(35-23-11-8-14-26(17-23)44-29(41)20(3)4)39-33(38-31)36-24-12-9-15-27(18-24)45-30(42)21(5)6/h7-18H,1,3,5H2,2,4,6H3,(H3,34,35,36,37,38,39). The number of carbonyl (C=O) groups is 3. The van der Waals surface area contributed by atoms with Crippen molar-refractivity contribution < 1.29 is 28.6 Å². The second kappa shape index (κ2) is 14.2. The van der Waals surface area contributed by atoms with E-state index in [1.807, 2.05) is 0 Å². The summed E-state index contributed by atoms with van der Waals surface area (Å²) in [7, 11) is 0. The normalized spacial score (nSPS) is 10.2. The molecule has 1 heterocycles. The summed E-state index contributed by atoms with van der Waals surface area (Å²) in [5.74, 6) is -0.398. The van der Waals surface area contributed by atoms with E-state index in [1.165, 1.54) is 0 Å². The number of ether oxygens (including phenoxy) is 3. The number of anilines is 6. The number of aromatic nitrogens is 3. The highest BCUT2D eigenvalue weighted by Gasteiger charge is 2.13. The van der Waals surface area contributed by atoms with Gasteiger partial charge < -0.3 is 30.2 Å². The third-order valence-corrected chi connectivity index (χ3v) is 5.58. The van der Waals surface area contributed by atoms with Crippen LogP contribution in [-0.4, -0.2) is 32.9 Å². The molecule has 3 N–H and O–H groups in total. The van der Waals surface area contributed by atoms with E-state index in [0.717, 1.165) is 0 Å². The lowest BCUT2D eigenvalue weighted by atomic mass is 10.3. The first-order valence-electron chi connectivity index (χ1n) is 13.5. The maximum absolute atomic E-state index is 12.0. The van der Waals surface area contributed by atoms with Crippen LogP contribution in [0, 0.1) is 0 Å². The Labute approximate surface area is 259 Å². The Bertz CT molecular complexity index is 1600. The molecule has 0 aliphatic heterocycles. The maximum Gasteiger partial charge on any atom is 0.338 e. The van der Waals surface area contributed by atoms with E-state index in [4.69, 9.17) is 14.2 Å². The number of benzene rings is 3. The molecular weight excluding hydrogens is 576 g/mol. The molecule has 0 radical (unpaired) electrons. The van der Waals surface area contributed by atoms with Crippen LogP contribution >= 0.6 is 0 Å². The van der Waals surface area contributed by atoms with Gasteiger partial charge in [-0.05, 0) is 57.2 Å². The summed E-state index contributed by atoms with van der Waals surface area (Å²) in [5.41, 5.74) is 2.34. The van der Waals surface area contributed by atoms with Gasteiger partial charge in [0, 0.05) is 52.0 Å². The predicted molar refractivity (Wildman–Crippen MR) is 170 cm³/mol. The second-order valence-electron chi connectivity index (χ2n) is 9.77. The van der Waals surface area contributed by atoms with Crippen LogP contribution in [0.4, 0.5) is 34.9 Å². The minimum absolute atomic E-state index is 0.133. The largest absolute Gasteiger partial charge is 0.423 e. The van der Waals surface area contributed by atoms with Gasteiger partial charge in [-0.1, -0.05) is 37.9 Å². The van der Waals surface area contributed by atoms with Gasteiger partial charge in [-0.3, -0.25) is 0 Å². The van der Waals surface area contributed by atoms with Crippen LogP contribution in [-0.2, 0) is 14.4 Å². The fraction of sp³-hybridized carbons (Fsp3) is 0.0909. The quantitative estimate of drug-likeness (QED) is 0.0910. The Hall–Kier alpha value is -6.30. The monoisotopic (exact) mass is 606 g/mol. The van der Waals surface area contributed by atoms with Crippen LogP contribution in [0.25, 0.3) is 0 Å². The third kappa shape index (κ3) is 9.35. The first-order chi connectivity index (χ1) is 21.4. The van der Waals surface area contributed by atoms with Crippen LogP contribution in [0.2, 0.25) is 0 Å². The zero-order chi connectivity index (χ0) is 32.5. The molecule has 228 valence electrons. The molecule has 1 aromatic heterocycles. The highest BCUT2D eigenvalue weighted by Crippen LogP contribution is 2.26. The molecular formula is C33H30N6O6. The fourth-order valence-corrected chi connectivity index (χ4v) is 3.43. The number of carbonyl (C=O) groups excluding carboxylic acids is 3. The van der Waals surface area contributed by atoms with Crippen molar-refractivity contribution >= 4 is 52.8 Å². The molecule has 4 aromatic rings. The molecule has 0 bridgehead atoms. The lowest BCUT2D eigenvalue weighted by molar-refractivity contribution is -0.130. The third-order valence-electron chi connectivity index (χ3n) is 5.58. The molecule has 0 fully saturated rings. The van der Waals surface area contributed by atoms with Crippen LogP contribution in [0.5, 0.6) is 17.2 Å². The minimum Gasteiger partial charge on any atom is -0.423 e. The van der Waals surface area contributed by atoms with Gasteiger partial charge in [-0.15, -0.1) is 0 Å². The highest BCUT2D eigenvalue weighted by atomic mass is 16.5. The SMILES string of the molecule is C=C(C)C(=O)Oc1cccc(Nc2nc(Nc3cccc(OC(=O)C(=C)C)c3)nc(Nc3cccc(OC(=O)C(=C)C)c3)n2)c1. The van der Waals surface area contributed by atoms with Gasteiger partial charge >= 0.3 is 17.9 Å². The number of hydrogen-bond donors (Lipinski definition) is 3. The van der Waals surface area contributed by atoms with Gasteiger partial charge in [0.2, 0.25) is 17.8 Å².